The molecule has 2 aliphatic rings. The molecule has 0 aliphatic carbocycles. The highest BCUT2D eigenvalue weighted by atomic mass is 19.1. The number of aryl methyl sites for hydroxylation is 2. The number of carbonyl (C=O) groups excluding carboxylic acids is 2. The predicted molar refractivity (Wildman–Crippen MR) is 95.1 cm³/mol. The van der Waals surface area contributed by atoms with Gasteiger partial charge in [0.2, 0.25) is 5.91 Å². The van der Waals surface area contributed by atoms with Crippen LogP contribution in [0.5, 0.6) is 0 Å². The van der Waals surface area contributed by atoms with Crippen LogP contribution in [0, 0.1) is 19.7 Å². The van der Waals surface area contributed by atoms with E-state index in [-0.39, 0.29) is 23.7 Å². The normalized spacial score (nSPS) is 21.4. The second-order valence-corrected chi connectivity index (χ2v) is 7.13. The molecular formula is C19H26FN3O2. The van der Waals surface area contributed by atoms with Crippen LogP contribution in [0.3, 0.4) is 0 Å². The first-order valence-corrected chi connectivity index (χ1v) is 9.08. The van der Waals surface area contributed by atoms with Crippen LogP contribution in [-0.4, -0.2) is 47.4 Å². The first-order chi connectivity index (χ1) is 12.0. The summed E-state index contributed by atoms with van der Waals surface area (Å²) in [4.78, 5) is 28.2. The van der Waals surface area contributed by atoms with E-state index in [1.165, 1.54) is 6.07 Å². The second-order valence-electron chi connectivity index (χ2n) is 7.13. The molecule has 0 aromatic heterocycles. The molecule has 3 amide bonds. The minimum Gasteiger partial charge on any atom is -0.340 e. The minimum atomic E-state index is -0.402. The summed E-state index contributed by atoms with van der Waals surface area (Å²) in [5.41, 5.74) is 1.81. The van der Waals surface area contributed by atoms with Crippen LogP contribution in [0.4, 0.5) is 14.9 Å². The van der Waals surface area contributed by atoms with Gasteiger partial charge in [-0.25, -0.2) is 9.18 Å². The molecule has 0 unspecified atom stereocenters. The van der Waals surface area contributed by atoms with Gasteiger partial charge in [-0.2, -0.15) is 0 Å². The van der Waals surface area contributed by atoms with Crippen molar-refractivity contribution in [2.75, 3.05) is 25.0 Å². The number of nitrogens with one attached hydrogen (secondary N) is 1. The predicted octanol–water partition coefficient (Wildman–Crippen LogP) is 3.45. The molecule has 1 atom stereocenters. The molecule has 1 aromatic carbocycles. The number of amides is 3. The van der Waals surface area contributed by atoms with Crippen LogP contribution < -0.4 is 5.32 Å². The Balaban J connectivity index is 1.63. The lowest BCUT2D eigenvalue weighted by Gasteiger charge is -2.27. The number of urea groups is 1. The van der Waals surface area contributed by atoms with Crippen LogP contribution in [0.25, 0.3) is 0 Å². The number of benzene rings is 1. The Morgan fingerprint density at radius 2 is 1.96 bits per heavy atom. The Labute approximate surface area is 148 Å². The highest BCUT2D eigenvalue weighted by Crippen LogP contribution is 2.24. The zero-order chi connectivity index (χ0) is 18.0. The summed E-state index contributed by atoms with van der Waals surface area (Å²) in [7, 11) is 0. The number of anilines is 1. The molecule has 1 N–H and O–H groups in total. The van der Waals surface area contributed by atoms with Crippen LogP contribution in [0.2, 0.25) is 0 Å². The molecule has 0 bridgehead atoms. The van der Waals surface area contributed by atoms with Gasteiger partial charge in [0.1, 0.15) is 5.82 Å². The summed E-state index contributed by atoms with van der Waals surface area (Å²) in [5, 5.41) is 2.73. The lowest BCUT2D eigenvalue weighted by molar-refractivity contribution is -0.129. The largest absolute Gasteiger partial charge is 0.340 e. The van der Waals surface area contributed by atoms with E-state index in [0.29, 0.717) is 19.5 Å². The molecule has 1 aromatic rings. The van der Waals surface area contributed by atoms with Gasteiger partial charge in [-0.3, -0.25) is 4.79 Å². The van der Waals surface area contributed by atoms with Crippen molar-refractivity contribution in [2.45, 2.75) is 52.0 Å². The molecule has 25 heavy (non-hydrogen) atoms. The number of likely N-dealkylation sites (tertiary alicyclic amines) is 2. The van der Waals surface area contributed by atoms with E-state index in [2.05, 4.69) is 5.32 Å². The third-order valence-corrected chi connectivity index (χ3v) is 5.20. The minimum absolute atomic E-state index is 0.227. The van der Waals surface area contributed by atoms with Crippen molar-refractivity contribution in [3.63, 3.8) is 0 Å². The zero-order valence-corrected chi connectivity index (χ0v) is 15.0. The summed E-state index contributed by atoms with van der Waals surface area (Å²) in [6.45, 7) is 5.69. The van der Waals surface area contributed by atoms with E-state index in [1.54, 1.807) is 11.8 Å². The molecule has 0 saturated carbocycles. The maximum Gasteiger partial charge on any atom is 0.321 e. The zero-order valence-electron chi connectivity index (χ0n) is 15.0. The van der Waals surface area contributed by atoms with Gasteiger partial charge in [-0.05, 0) is 56.7 Å². The average molecular weight is 347 g/mol. The highest BCUT2D eigenvalue weighted by Gasteiger charge is 2.30. The number of carbonyl (C=O) groups is 2. The molecule has 2 fully saturated rings. The van der Waals surface area contributed by atoms with Gasteiger partial charge in [-0.15, -0.1) is 0 Å². The third kappa shape index (κ3) is 3.94. The van der Waals surface area contributed by atoms with E-state index in [4.69, 9.17) is 0 Å². The van der Waals surface area contributed by atoms with Crippen molar-refractivity contribution in [2.24, 2.45) is 0 Å². The smallest absolute Gasteiger partial charge is 0.321 e. The maximum absolute atomic E-state index is 14.2. The Hall–Kier alpha value is -2.11. The average Bonchev–Trinajstić information content (AvgIpc) is 2.83. The number of hydrogen-bond donors (Lipinski definition) is 1. The van der Waals surface area contributed by atoms with Crippen LogP contribution in [0.15, 0.2) is 12.1 Å². The van der Waals surface area contributed by atoms with Crippen molar-refractivity contribution in [1.82, 2.24) is 9.80 Å². The second kappa shape index (κ2) is 7.42. The van der Waals surface area contributed by atoms with Gasteiger partial charge in [0.15, 0.2) is 0 Å². The highest BCUT2D eigenvalue weighted by molar-refractivity contribution is 5.90. The Kier molecular flexibility index (Phi) is 5.25. The van der Waals surface area contributed by atoms with Gasteiger partial charge >= 0.3 is 6.03 Å². The number of halogens is 1. The van der Waals surface area contributed by atoms with Gasteiger partial charge in [0.25, 0.3) is 0 Å². The fraction of sp³-hybridized carbons (Fsp3) is 0.579. The lowest BCUT2D eigenvalue weighted by atomic mass is 10.1. The Morgan fingerprint density at radius 1 is 1.16 bits per heavy atom. The molecule has 5 nitrogen and oxygen atoms in total. The van der Waals surface area contributed by atoms with E-state index in [0.717, 1.165) is 43.4 Å². The van der Waals surface area contributed by atoms with Gasteiger partial charge in [0.05, 0.1) is 5.69 Å². The number of rotatable bonds is 2. The van der Waals surface area contributed by atoms with Gasteiger partial charge < -0.3 is 15.1 Å². The monoisotopic (exact) mass is 347 g/mol. The summed E-state index contributed by atoms with van der Waals surface area (Å²) in [6.07, 6.45) is 4.15. The first-order valence-electron chi connectivity index (χ1n) is 9.08. The van der Waals surface area contributed by atoms with Crippen molar-refractivity contribution in [1.29, 1.82) is 0 Å². The SMILES string of the molecule is Cc1cc(C)c(NC(=O)N2CCC[C@@H](N3CCCC3=O)CC2)c(F)c1. The Bertz CT molecular complexity index is 654. The third-order valence-electron chi connectivity index (χ3n) is 5.20. The van der Waals surface area contributed by atoms with Crippen molar-refractivity contribution >= 4 is 17.6 Å². The maximum atomic E-state index is 14.2. The molecule has 0 spiro atoms. The molecule has 6 heteroatoms. The van der Waals surface area contributed by atoms with Crippen molar-refractivity contribution in [3.8, 4) is 0 Å². The van der Waals surface area contributed by atoms with Crippen LogP contribution in [-0.2, 0) is 4.79 Å². The van der Waals surface area contributed by atoms with Gasteiger partial charge in [-0.1, -0.05) is 6.07 Å². The lowest BCUT2D eigenvalue weighted by Crippen LogP contribution is -2.39. The Morgan fingerprint density at radius 3 is 2.64 bits per heavy atom. The van der Waals surface area contributed by atoms with E-state index in [9.17, 15) is 14.0 Å². The molecule has 136 valence electrons. The summed E-state index contributed by atoms with van der Waals surface area (Å²) >= 11 is 0. The van der Waals surface area contributed by atoms with Crippen LogP contribution in [0.1, 0.15) is 43.2 Å². The van der Waals surface area contributed by atoms with E-state index in [1.807, 2.05) is 17.9 Å². The molecular weight excluding hydrogens is 321 g/mol. The molecule has 2 heterocycles. The van der Waals surface area contributed by atoms with Crippen molar-refractivity contribution < 1.29 is 14.0 Å². The topological polar surface area (TPSA) is 52.7 Å². The van der Waals surface area contributed by atoms with Crippen LogP contribution >= 0.6 is 0 Å². The van der Waals surface area contributed by atoms with E-state index < -0.39 is 5.82 Å². The first kappa shape index (κ1) is 17.7. The molecule has 2 aliphatic heterocycles. The molecule has 0 radical (unpaired) electrons. The summed E-state index contributed by atoms with van der Waals surface area (Å²) < 4.78 is 14.2. The van der Waals surface area contributed by atoms with Crippen molar-refractivity contribution in [3.05, 3.63) is 29.1 Å². The quantitative estimate of drug-likeness (QED) is 0.891. The number of hydrogen-bond acceptors (Lipinski definition) is 2. The molecule has 2 saturated heterocycles. The standard InChI is InChI=1S/C19H26FN3O2/c1-13-11-14(2)18(16(20)12-13)21-19(25)22-8-3-5-15(7-10-22)23-9-4-6-17(23)24/h11-12,15H,3-10H2,1-2H3,(H,21,25)/t15-/m1/s1. The molecule has 3 rings (SSSR count). The van der Waals surface area contributed by atoms with E-state index >= 15 is 0 Å². The number of nitrogens with zero attached hydrogens (tertiary/aromatic N) is 2. The summed E-state index contributed by atoms with van der Waals surface area (Å²) in [6, 6.07) is 3.25. The summed E-state index contributed by atoms with van der Waals surface area (Å²) in [5.74, 6) is -0.165. The van der Waals surface area contributed by atoms with Gasteiger partial charge in [0, 0.05) is 32.1 Å². The fourth-order valence-electron chi connectivity index (χ4n) is 3.91. The fourth-order valence-corrected chi connectivity index (χ4v) is 3.91.